The maximum absolute atomic E-state index is 14.6. The molecule has 1 aliphatic rings. The lowest BCUT2D eigenvalue weighted by Gasteiger charge is -2.19. The van der Waals surface area contributed by atoms with Crippen LogP contribution in [0.25, 0.3) is 0 Å². The van der Waals surface area contributed by atoms with Crippen molar-refractivity contribution >= 4 is 33.1 Å². The molecule has 0 bridgehead atoms. The van der Waals surface area contributed by atoms with E-state index in [0.717, 1.165) is 12.1 Å². The summed E-state index contributed by atoms with van der Waals surface area (Å²) in [5, 5.41) is 43.3. The van der Waals surface area contributed by atoms with E-state index in [1.165, 1.54) is 48.5 Å². The SMILES string of the molecule is O=C(c1ccccc1)c1cc(S(=O)(=O)O[C@@H]2O[C@H](CO)[C@@H](O)C2(F)F)c([N+](=O)[O-])c(C(=O)c2ccccc2)c1[N+](=O)[O-]. The molecule has 42 heavy (non-hydrogen) atoms. The molecular formula is C25H18F2N2O12S. The summed E-state index contributed by atoms with van der Waals surface area (Å²) in [6, 6.07) is 13.0. The Kier molecular flexibility index (Phi) is 8.24. The van der Waals surface area contributed by atoms with Crippen LogP contribution in [0.2, 0.25) is 0 Å². The number of carbonyl (C=O) groups excluding carboxylic acids is 2. The summed E-state index contributed by atoms with van der Waals surface area (Å²) in [6.45, 7) is -1.19. The van der Waals surface area contributed by atoms with Crippen molar-refractivity contribution in [1.82, 2.24) is 0 Å². The molecule has 0 saturated carbocycles. The first-order chi connectivity index (χ1) is 19.7. The number of halogens is 2. The summed E-state index contributed by atoms with van der Waals surface area (Å²) in [5.41, 5.74) is -6.33. The molecule has 17 heteroatoms. The molecule has 0 spiro atoms. The smallest absolute Gasteiger partial charge is 0.326 e. The summed E-state index contributed by atoms with van der Waals surface area (Å²) in [4.78, 5) is 47.0. The number of hydrogen-bond donors (Lipinski definition) is 2. The number of aliphatic hydroxyl groups is 2. The lowest BCUT2D eigenvalue weighted by Crippen LogP contribution is -2.42. The van der Waals surface area contributed by atoms with Gasteiger partial charge < -0.3 is 14.9 Å². The normalized spacial score (nSPS) is 19.8. The third-order valence-corrected chi connectivity index (χ3v) is 7.45. The summed E-state index contributed by atoms with van der Waals surface area (Å²) in [5.74, 6) is -7.15. The number of nitro groups is 2. The van der Waals surface area contributed by atoms with Crippen molar-refractivity contribution in [3.05, 3.63) is 109 Å². The number of nitro benzene ring substituents is 2. The standard InChI is InChI=1S/C25H18F2N2O12S/c26-25(27)23(33)16(12-30)40-24(25)41-42(38,39)17-11-15(21(31)13-7-3-1-4-8-13)19(28(34)35)18(20(17)29(36)37)22(32)14-9-5-2-6-10-14/h1-11,16,23-24,30,33H,12H2/t16-,23-,24+/m1/s1. The molecule has 0 aromatic heterocycles. The average Bonchev–Trinajstić information content (AvgIpc) is 3.18. The molecular weight excluding hydrogens is 590 g/mol. The van der Waals surface area contributed by atoms with Crippen LogP contribution in [0.15, 0.2) is 71.6 Å². The first kappa shape index (κ1) is 30.4. The van der Waals surface area contributed by atoms with E-state index >= 15 is 0 Å². The summed E-state index contributed by atoms with van der Waals surface area (Å²) >= 11 is 0. The monoisotopic (exact) mass is 608 g/mol. The fraction of sp³-hybridized carbons (Fsp3) is 0.200. The van der Waals surface area contributed by atoms with Crippen molar-refractivity contribution in [2.45, 2.75) is 29.3 Å². The number of alkyl halides is 2. The third-order valence-electron chi connectivity index (χ3n) is 6.17. The highest BCUT2D eigenvalue weighted by Crippen LogP contribution is 2.43. The largest absolute Gasteiger partial charge is 0.394 e. The van der Waals surface area contributed by atoms with Crippen LogP contribution in [0.4, 0.5) is 20.2 Å². The first-order valence-corrected chi connectivity index (χ1v) is 13.1. The molecule has 1 heterocycles. The van der Waals surface area contributed by atoms with Crippen molar-refractivity contribution in [2.24, 2.45) is 0 Å². The zero-order valence-electron chi connectivity index (χ0n) is 20.8. The zero-order valence-corrected chi connectivity index (χ0v) is 21.6. The van der Waals surface area contributed by atoms with Crippen molar-refractivity contribution < 1.29 is 55.8 Å². The number of rotatable bonds is 10. The number of nitrogens with zero attached hydrogens (tertiary/aromatic N) is 2. The van der Waals surface area contributed by atoms with E-state index in [0.29, 0.717) is 0 Å². The molecule has 0 amide bonds. The Hall–Kier alpha value is -4.55. The number of hydrogen-bond acceptors (Lipinski definition) is 12. The summed E-state index contributed by atoms with van der Waals surface area (Å²) in [7, 11) is -5.83. The molecule has 0 unspecified atom stereocenters. The molecule has 3 atom stereocenters. The van der Waals surface area contributed by atoms with Gasteiger partial charge in [-0.3, -0.25) is 29.8 Å². The Balaban J connectivity index is 2.05. The van der Waals surface area contributed by atoms with E-state index in [1.54, 1.807) is 0 Å². The average molecular weight is 608 g/mol. The fourth-order valence-electron chi connectivity index (χ4n) is 4.17. The van der Waals surface area contributed by atoms with Crippen LogP contribution in [0.3, 0.4) is 0 Å². The van der Waals surface area contributed by atoms with Gasteiger partial charge in [-0.05, 0) is 6.07 Å². The molecule has 1 fully saturated rings. The van der Waals surface area contributed by atoms with Crippen LogP contribution >= 0.6 is 0 Å². The topological polar surface area (TPSA) is 213 Å². The Labute approximate surface area is 234 Å². The molecule has 1 aliphatic heterocycles. The molecule has 3 aromatic carbocycles. The van der Waals surface area contributed by atoms with Crippen LogP contribution in [0.1, 0.15) is 31.8 Å². The van der Waals surface area contributed by atoms with Crippen molar-refractivity contribution in [1.29, 1.82) is 0 Å². The van der Waals surface area contributed by atoms with Gasteiger partial charge in [0.05, 0.1) is 16.5 Å². The van der Waals surface area contributed by atoms with Crippen LogP contribution < -0.4 is 0 Å². The minimum atomic E-state index is -5.83. The van der Waals surface area contributed by atoms with Crippen molar-refractivity contribution in [2.75, 3.05) is 6.61 Å². The van der Waals surface area contributed by atoms with Crippen LogP contribution in [-0.4, -0.2) is 71.1 Å². The molecule has 0 radical (unpaired) electrons. The minimum absolute atomic E-state index is 0.176. The quantitative estimate of drug-likeness (QED) is 0.147. The number of ketones is 2. The van der Waals surface area contributed by atoms with E-state index < -0.39 is 90.0 Å². The molecule has 4 rings (SSSR count). The van der Waals surface area contributed by atoms with Crippen LogP contribution in [-0.2, 0) is 19.0 Å². The molecule has 3 aromatic rings. The second-order valence-electron chi connectivity index (χ2n) is 8.76. The van der Waals surface area contributed by atoms with Gasteiger partial charge in [-0.1, -0.05) is 60.7 Å². The van der Waals surface area contributed by atoms with Gasteiger partial charge in [-0.25, -0.2) is 4.18 Å². The van der Waals surface area contributed by atoms with E-state index in [4.69, 9.17) is 5.11 Å². The minimum Gasteiger partial charge on any atom is -0.394 e. The highest BCUT2D eigenvalue weighted by atomic mass is 32.2. The molecule has 0 aliphatic carbocycles. The van der Waals surface area contributed by atoms with Crippen molar-refractivity contribution in [3.63, 3.8) is 0 Å². The van der Waals surface area contributed by atoms with Crippen LogP contribution in [0, 0.1) is 20.2 Å². The molecule has 220 valence electrons. The second-order valence-corrected chi connectivity index (χ2v) is 10.3. The summed E-state index contributed by atoms with van der Waals surface area (Å²) in [6.07, 6.45) is -7.89. The predicted octanol–water partition coefficient (Wildman–Crippen LogP) is 2.38. The third kappa shape index (κ3) is 5.38. The molecule has 14 nitrogen and oxygen atoms in total. The van der Waals surface area contributed by atoms with Crippen LogP contribution in [0.5, 0.6) is 0 Å². The molecule has 2 N–H and O–H groups in total. The van der Waals surface area contributed by atoms with Gasteiger partial charge in [0, 0.05) is 11.1 Å². The fourth-order valence-corrected chi connectivity index (χ4v) is 5.36. The number of carbonyl (C=O) groups is 2. The zero-order chi connectivity index (χ0) is 31.0. The van der Waals surface area contributed by atoms with E-state index in [2.05, 4.69) is 8.92 Å². The lowest BCUT2D eigenvalue weighted by atomic mass is 9.93. The van der Waals surface area contributed by atoms with Gasteiger partial charge in [0.25, 0.3) is 5.69 Å². The van der Waals surface area contributed by atoms with Gasteiger partial charge in [0.15, 0.2) is 22.3 Å². The Bertz CT molecular complexity index is 1680. The Morgan fingerprint density at radius 1 is 0.929 bits per heavy atom. The molecule has 1 saturated heterocycles. The van der Waals surface area contributed by atoms with Gasteiger partial charge in [-0.2, -0.15) is 17.2 Å². The van der Waals surface area contributed by atoms with Gasteiger partial charge in [-0.15, -0.1) is 0 Å². The highest BCUT2D eigenvalue weighted by molar-refractivity contribution is 7.87. The number of benzene rings is 3. The number of aliphatic hydroxyl groups excluding tert-OH is 2. The van der Waals surface area contributed by atoms with E-state index in [-0.39, 0.29) is 17.2 Å². The first-order valence-electron chi connectivity index (χ1n) is 11.7. The summed E-state index contributed by atoms with van der Waals surface area (Å²) < 4.78 is 64.8. The van der Waals surface area contributed by atoms with E-state index in [1.807, 2.05) is 0 Å². The predicted molar refractivity (Wildman–Crippen MR) is 134 cm³/mol. The highest BCUT2D eigenvalue weighted by Gasteiger charge is 2.61. The van der Waals surface area contributed by atoms with E-state index in [9.17, 15) is 52.1 Å². The Morgan fingerprint density at radius 3 is 1.88 bits per heavy atom. The lowest BCUT2D eigenvalue weighted by molar-refractivity contribution is -0.396. The number of ether oxygens (including phenoxy) is 1. The maximum atomic E-state index is 14.6. The van der Waals surface area contributed by atoms with Crippen molar-refractivity contribution in [3.8, 4) is 0 Å². The Morgan fingerprint density at radius 2 is 1.43 bits per heavy atom. The van der Waals surface area contributed by atoms with Gasteiger partial charge in [0.1, 0.15) is 11.7 Å². The second kappa shape index (κ2) is 11.4. The van der Waals surface area contributed by atoms with Gasteiger partial charge in [0.2, 0.25) is 12.1 Å². The maximum Gasteiger partial charge on any atom is 0.326 e. The van der Waals surface area contributed by atoms with Gasteiger partial charge >= 0.3 is 21.7 Å².